The van der Waals surface area contributed by atoms with Gasteiger partial charge in [0.2, 0.25) is 0 Å². The number of aliphatic carboxylic acids is 1. The topological polar surface area (TPSA) is 92.5 Å². The maximum Gasteiger partial charge on any atom is 0.323 e. The van der Waals surface area contributed by atoms with Crippen LogP contribution in [-0.2, 0) is 11.3 Å². The zero-order valence-corrected chi connectivity index (χ0v) is 12.2. The Hall–Kier alpha value is -1.47. The van der Waals surface area contributed by atoms with Crippen molar-refractivity contribution in [3.63, 3.8) is 0 Å². The molecule has 19 heavy (non-hydrogen) atoms. The van der Waals surface area contributed by atoms with Crippen LogP contribution in [0.5, 0.6) is 0 Å². The van der Waals surface area contributed by atoms with Gasteiger partial charge in [0.15, 0.2) is 0 Å². The van der Waals surface area contributed by atoms with Gasteiger partial charge in [-0.15, -0.1) is 0 Å². The van der Waals surface area contributed by atoms with Gasteiger partial charge in [-0.25, -0.2) is 0 Å². The number of nitrogens with zero attached hydrogens (tertiary/aromatic N) is 1. The first kappa shape index (κ1) is 15.6. The molecule has 2 N–H and O–H groups in total. The number of nitro benzene ring substituents is 1. The Labute approximate surface area is 119 Å². The Bertz CT molecular complexity index is 507. The van der Waals surface area contributed by atoms with Crippen LogP contribution in [0.1, 0.15) is 25.8 Å². The molecule has 0 bridgehead atoms. The second-order valence-electron chi connectivity index (χ2n) is 4.38. The highest BCUT2D eigenvalue weighted by Gasteiger charge is 2.30. The molecule has 0 heterocycles. The van der Waals surface area contributed by atoms with Gasteiger partial charge in [-0.2, -0.15) is 0 Å². The number of non-ortho nitro benzene ring substituents is 1. The Morgan fingerprint density at radius 3 is 2.63 bits per heavy atom. The second-order valence-corrected chi connectivity index (χ2v) is 5.23. The molecule has 6 nitrogen and oxygen atoms in total. The van der Waals surface area contributed by atoms with Crippen LogP contribution in [-0.4, -0.2) is 21.5 Å². The summed E-state index contributed by atoms with van der Waals surface area (Å²) in [5, 5.41) is 22.7. The SMILES string of the molecule is CCC(C)(NCc1ccc([N+](=O)[O-])cc1Br)C(=O)O. The Kier molecular flexibility index (Phi) is 5.02. The highest BCUT2D eigenvalue weighted by molar-refractivity contribution is 9.10. The van der Waals surface area contributed by atoms with Gasteiger partial charge in [-0.1, -0.05) is 22.9 Å². The molecule has 0 saturated carbocycles. The summed E-state index contributed by atoms with van der Waals surface area (Å²) in [4.78, 5) is 21.3. The number of carboxylic acid groups (broad SMARTS) is 1. The summed E-state index contributed by atoms with van der Waals surface area (Å²) in [6.45, 7) is 3.70. The smallest absolute Gasteiger partial charge is 0.323 e. The fraction of sp³-hybridized carbons (Fsp3) is 0.417. The zero-order chi connectivity index (χ0) is 14.6. The van der Waals surface area contributed by atoms with Crippen molar-refractivity contribution in [1.82, 2.24) is 5.32 Å². The van der Waals surface area contributed by atoms with Gasteiger partial charge < -0.3 is 5.11 Å². The molecule has 1 aromatic rings. The molecule has 0 aliphatic carbocycles. The first-order valence-corrected chi connectivity index (χ1v) is 6.50. The number of rotatable bonds is 6. The highest BCUT2D eigenvalue weighted by atomic mass is 79.9. The van der Waals surface area contributed by atoms with Crippen molar-refractivity contribution in [3.05, 3.63) is 38.3 Å². The van der Waals surface area contributed by atoms with Crippen molar-refractivity contribution < 1.29 is 14.8 Å². The van der Waals surface area contributed by atoms with Gasteiger partial charge in [-0.05, 0) is 25.0 Å². The summed E-state index contributed by atoms with van der Waals surface area (Å²) >= 11 is 3.25. The zero-order valence-electron chi connectivity index (χ0n) is 10.6. The van der Waals surface area contributed by atoms with E-state index in [4.69, 9.17) is 5.11 Å². The van der Waals surface area contributed by atoms with E-state index in [1.54, 1.807) is 19.9 Å². The number of hydrogen-bond acceptors (Lipinski definition) is 4. The van der Waals surface area contributed by atoms with Crippen LogP contribution < -0.4 is 5.32 Å². The number of benzene rings is 1. The van der Waals surface area contributed by atoms with Crippen molar-refractivity contribution in [2.24, 2.45) is 0 Å². The van der Waals surface area contributed by atoms with Crippen molar-refractivity contribution >= 4 is 27.6 Å². The van der Waals surface area contributed by atoms with Crippen LogP contribution in [0.25, 0.3) is 0 Å². The summed E-state index contributed by atoms with van der Waals surface area (Å²) in [6.07, 6.45) is 0.437. The van der Waals surface area contributed by atoms with E-state index in [1.165, 1.54) is 12.1 Å². The number of carboxylic acids is 1. The minimum Gasteiger partial charge on any atom is -0.480 e. The summed E-state index contributed by atoms with van der Waals surface area (Å²) < 4.78 is 0.582. The predicted molar refractivity (Wildman–Crippen MR) is 74.0 cm³/mol. The molecule has 0 spiro atoms. The molecule has 0 radical (unpaired) electrons. The fourth-order valence-corrected chi connectivity index (χ4v) is 1.94. The van der Waals surface area contributed by atoms with E-state index in [0.717, 1.165) is 5.56 Å². The maximum atomic E-state index is 11.1. The second kappa shape index (κ2) is 6.12. The van der Waals surface area contributed by atoms with E-state index in [-0.39, 0.29) is 5.69 Å². The molecule has 0 fully saturated rings. The van der Waals surface area contributed by atoms with E-state index < -0.39 is 16.4 Å². The Morgan fingerprint density at radius 2 is 2.21 bits per heavy atom. The summed E-state index contributed by atoms with van der Waals surface area (Å²) in [6, 6.07) is 4.40. The van der Waals surface area contributed by atoms with Crippen LogP contribution >= 0.6 is 15.9 Å². The van der Waals surface area contributed by atoms with Crippen LogP contribution in [0.15, 0.2) is 22.7 Å². The van der Waals surface area contributed by atoms with E-state index in [1.807, 2.05) is 0 Å². The van der Waals surface area contributed by atoms with E-state index in [0.29, 0.717) is 17.4 Å². The molecular formula is C12H15BrN2O4. The van der Waals surface area contributed by atoms with Crippen LogP contribution in [0.4, 0.5) is 5.69 Å². The van der Waals surface area contributed by atoms with Crippen molar-refractivity contribution in [3.8, 4) is 0 Å². The fourth-order valence-electron chi connectivity index (χ4n) is 1.44. The number of carbonyl (C=O) groups is 1. The average molecular weight is 331 g/mol. The van der Waals surface area contributed by atoms with Gasteiger partial charge in [-0.3, -0.25) is 20.2 Å². The molecule has 0 aromatic heterocycles. The van der Waals surface area contributed by atoms with Gasteiger partial charge in [0.25, 0.3) is 5.69 Å². The van der Waals surface area contributed by atoms with Crippen LogP contribution in [0.3, 0.4) is 0 Å². The molecule has 1 unspecified atom stereocenters. The molecule has 0 amide bonds. The normalized spacial score (nSPS) is 13.8. The van der Waals surface area contributed by atoms with Gasteiger partial charge >= 0.3 is 5.97 Å². The molecule has 1 rings (SSSR count). The Balaban J connectivity index is 2.84. The largest absolute Gasteiger partial charge is 0.480 e. The number of nitrogens with one attached hydrogen (secondary N) is 1. The maximum absolute atomic E-state index is 11.1. The molecule has 0 saturated heterocycles. The third kappa shape index (κ3) is 3.74. The number of halogens is 1. The molecular weight excluding hydrogens is 316 g/mol. The lowest BCUT2D eigenvalue weighted by Crippen LogP contribution is -2.48. The molecule has 0 aliphatic rings. The lowest BCUT2D eigenvalue weighted by Gasteiger charge is -2.25. The summed E-state index contributed by atoms with van der Waals surface area (Å²) in [7, 11) is 0. The Morgan fingerprint density at radius 1 is 1.58 bits per heavy atom. The highest BCUT2D eigenvalue weighted by Crippen LogP contribution is 2.23. The third-order valence-electron chi connectivity index (χ3n) is 3.10. The lowest BCUT2D eigenvalue weighted by atomic mass is 9.99. The summed E-state index contributed by atoms with van der Waals surface area (Å²) in [5.74, 6) is -0.923. The predicted octanol–water partition coefficient (Wildman–Crippen LogP) is 2.70. The summed E-state index contributed by atoms with van der Waals surface area (Å²) in [5.41, 5.74) is -0.250. The van der Waals surface area contributed by atoms with Gasteiger partial charge in [0.1, 0.15) is 5.54 Å². The standard InChI is InChI=1S/C12H15BrN2O4/c1-3-12(2,11(16)17)14-7-8-4-5-9(15(18)19)6-10(8)13/h4-6,14H,3,7H2,1-2H3,(H,16,17). The molecule has 1 atom stereocenters. The van der Waals surface area contributed by atoms with Crippen molar-refractivity contribution in [1.29, 1.82) is 0 Å². The lowest BCUT2D eigenvalue weighted by molar-refractivity contribution is -0.384. The van der Waals surface area contributed by atoms with E-state index in [2.05, 4.69) is 21.2 Å². The van der Waals surface area contributed by atoms with Gasteiger partial charge in [0.05, 0.1) is 4.92 Å². The van der Waals surface area contributed by atoms with Crippen LogP contribution in [0.2, 0.25) is 0 Å². The molecule has 0 aliphatic heterocycles. The van der Waals surface area contributed by atoms with E-state index in [9.17, 15) is 14.9 Å². The molecule has 104 valence electrons. The van der Waals surface area contributed by atoms with Crippen molar-refractivity contribution in [2.75, 3.05) is 0 Å². The first-order valence-electron chi connectivity index (χ1n) is 5.71. The average Bonchev–Trinajstić information content (AvgIpc) is 2.36. The van der Waals surface area contributed by atoms with Crippen LogP contribution in [0, 0.1) is 10.1 Å². The van der Waals surface area contributed by atoms with Crippen molar-refractivity contribution in [2.45, 2.75) is 32.4 Å². The quantitative estimate of drug-likeness (QED) is 0.618. The molecule has 1 aromatic carbocycles. The number of nitro groups is 1. The minimum absolute atomic E-state index is 0.00730. The third-order valence-corrected chi connectivity index (χ3v) is 3.83. The molecule has 7 heteroatoms. The minimum atomic E-state index is -1.01. The monoisotopic (exact) mass is 330 g/mol. The first-order chi connectivity index (χ1) is 8.80. The van der Waals surface area contributed by atoms with E-state index >= 15 is 0 Å². The number of hydrogen-bond donors (Lipinski definition) is 2. The van der Waals surface area contributed by atoms with Gasteiger partial charge in [0, 0.05) is 23.2 Å².